The molecule has 4 fully saturated rings. The first-order valence-electron chi connectivity index (χ1n) is 8.64. The molecule has 4 nitrogen and oxygen atoms in total. The molecular weight excluding hydrogens is 288 g/mol. The van der Waals surface area contributed by atoms with Crippen LogP contribution in [0.2, 0.25) is 0 Å². The number of hydrogen-bond acceptors (Lipinski definition) is 2. The molecule has 122 valence electrons. The fraction of sp³-hybridized carbons (Fsp3) is 0.579. The van der Waals surface area contributed by atoms with Gasteiger partial charge in [0.15, 0.2) is 0 Å². The van der Waals surface area contributed by atoms with Crippen LogP contribution in [0.4, 0.5) is 0 Å². The van der Waals surface area contributed by atoms with Crippen molar-refractivity contribution in [1.82, 2.24) is 9.80 Å². The number of aryl methyl sites for hydroxylation is 1. The zero-order chi connectivity index (χ0) is 16.2. The van der Waals surface area contributed by atoms with Crippen LogP contribution in [-0.2, 0) is 15.0 Å². The fourth-order valence-corrected chi connectivity index (χ4v) is 4.25. The van der Waals surface area contributed by atoms with Gasteiger partial charge in [-0.25, -0.2) is 0 Å². The van der Waals surface area contributed by atoms with Crippen molar-refractivity contribution in [3.63, 3.8) is 0 Å². The molecule has 0 aromatic heterocycles. The number of likely N-dealkylation sites (N-methyl/N-ethyl adjacent to an activating group) is 1. The topological polar surface area (TPSA) is 40.6 Å². The second-order valence-corrected chi connectivity index (χ2v) is 7.54. The number of carbonyl (C=O) groups excluding carboxylic acids is 2. The second kappa shape index (κ2) is 5.08. The lowest BCUT2D eigenvalue weighted by atomic mass is 9.93. The average Bonchev–Trinajstić information content (AvgIpc) is 3.37. The third-order valence-electron chi connectivity index (χ3n) is 6.02. The summed E-state index contributed by atoms with van der Waals surface area (Å²) in [6, 6.07) is 8.57. The minimum absolute atomic E-state index is 0.00322. The van der Waals surface area contributed by atoms with Crippen molar-refractivity contribution in [3.05, 3.63) is 35.4 Å². The summed E-state index contributed by atoms with van der Waals surface area (Å²) in [5, 5.41) is 0. The number of carbonyl (C=O) groups is 2. The molecule has 5 rings (SSSR count). The van der Waals surface area contributed by atoms with Crippen LogP contribution in [0, 0.1) is 12.8 Å². The summed E-state index contributed by atoms with van der Waals surface area (Å²) in [5.41, 5.74) is 2.04. The molecule has 4 heteroatoms. The van der Waals surface area contributed by atoms with E-state index in [0.29, 0.717) is 13.1 Å². The van der Waals surface area contributed by atoms with Crippen LogP contribution in [0.3, 0.4) is 0 Å². The molecule has 2 atom stereocenters. The van der Waals surface area contributed by atoms with E-state index in [1.807, 2.05) is 16.8 Å². The number of rotatable bonds is 2. The molecule has 2 amide bonds. The Bertz CT molecular complexity index is 648. The summed E-state index contributed by atoms with van der Waals surface area (Å²) < 4.78 is 0. The van der Waals surface area contributed by atoms with Crippen molar-refractivity contribution in [1.29, 1.82) is 0 Å². The average molecular weight is 312 g/mol. The lowest BCUT2D eigenvalue weighted by Gasteiger charge is -2.32. The number of amides is 2. The van der Waals surface area contributed by atoms with Crippen LogP contribution in [0.15, 0.2) is 24.3 Å². The minimum atomic E-state index is -0.320. The molecule has 0 N–H and O–H groups in total. The van der Waals surface area contributed by atoms with Crippen molar-refractivity contribution < 1.29 is 9.59 Å². The van der Waals surface area contributed by atoms with Gasteiger partial charge in [0.2, 0.25) is 11.8 Å². The van der Waals surface area contributed by atoms with E-state index < -0.39 is 0 Å². The fourth-order valence-electron chi connectivity index (χ4n) is 4.25. The zero-order valence-electron chi connectivity index (χ0n) is 13.9. The number of piperidine rings is 1. The standard InChI is InChI=1S/C19H24N2O2/c1-13-3-6-15(7-4-13)19(9-10-19)18(23)21-11-14-5-8-16(12-21)20(2)17(14)22/h3-4,6-7,14,16H,5,8-12H2,1-2H3/t14-,16+/m0/s1. The zero-order valence-corrected chi connectivity index (χ0v) is 13.9. The first-order valence-corrected chi connectivity index (χ1v) is 8.64. The van der Waals surface area contributed by atoms with Gasteiger partial charge in [0.05, 0.1) is 11.3 Å². The van der Waals surface area contributed by atoms with Gasteiger partial charge in [-0.1, -0.05) is 29.8 Å². The molecule has 4 aliphatic rings. The Hall–Kier alpha value is -1.84. The molecule has 0 radical (unpaired) electrons. The molecule has 1 aliphatic carbocycles. The Morgan fingerprint density at radius 3 is 2.48 bits per heavy atom. The molecule has 1 aromatic rings. The van der Waals surface area contributed by atoms with Crippen LogP contribution < -0.4 is 0 Å². The molecule has 2 bridgehead atoms. The maximum Gasteiger partial charge on any atom is 0.233 e. The highest BCUT2D eigenvalue weighted by atomic mass is 16.2. The SMILES string of the molecule is Cc1ccc(C2(C(=O)N3C[C@@H]4CC[C@H](C3)N(C)C4=O)CC2)cc1. The highest BCUT2D eigenvalue weighted by Crippen LogP contribution is 2.50. The number of fused-ring (bicyclic) bond motifs is 4. The quantitative estimate of drug-likeness (QED) is 0.839. The van der Waals surface area contributed by atoms with E-state index in [4.69, 9.17) is 0 Å². The maximum atomic E-state index is 13.2. The van der Waals surface area contributed by atoms with E-state index in [-0.39, 0.29) is 29.2 Å². The molecule has 0 spiro atoms. The molecular formula is C19H24N2O2. The summed E-state index contributed by atoms with van der Waals surface area (Å²) in [7, 11) is 1.89. The third-order valence-corrected chi connectivity index (χ3v) is 6.02. The molecule has 3 aliphatic heterocycles. The van der Waals surface area contributed by atoms with Gasteiger partial charge in [-0.2, -0.15) is 0 Å². The monoisotopic (exact) mass is 312 g/mol. The maximum absolute atomic E-state index is 13.2. The molecule has 3 saturated heterocycles. The number of hydrogen-bond donors (Lipinski definition) is 0. The van der Waals surface area contributed by atoms with E-state index in [0.717, 1.165) is 31.2 Å². The van der Waals surface area contributed by atoms with Gasteiger partial charge in [-0.05, 0) is 38.2 Å². The number of benzene rings is 1. The number of nitrogens with zero attached hydrogens (tertiary/aromatic N) is 2. The molecule has 1 saturated carbocycles. The Morgan fingerprint density at radius 2 is 1.83 bits per heavy atom. The van der Waals surface area contributed by atoms with Gasteiger partial charge in [0, 0.05) is 26.2 Å². The Labute approximate surface area is 137 Å². The van der Waals surface area contributed by atoms with Crippen LogP contribution in [-0.4, -0.2) is 47.8 Å². The molecule has 3 heterocycles. The Morgan fingerprint density at radius 1 is 1.13 bits per heavy atom. The van der Waals surface area contributed by atoms with Crippen LogP contribution >= 0.6 is 0 Å². The Kier molecular flexibility index (Phi) is 3.26. The smallest absolute Gasteiger partial charge is 0.233 e. The van der Waals surface area contributed by atoms with Crippen molar-refractivity contribution in [3.8, 4) is 0 Å². The first-order chi connectivity index (χ1) is 11.0. The Balaban J connectivity index is 1.60. The van der Waals surface area contributed by atoms with Gasteiger partial charge in [0.1, 0.15) is 0 Å². The van der Waals surface area contributed by atoms with Gasteiger partial charge in [-0.15, -0.1) is 0 Å². The summed E-state index contributed by atoms with van der Waals surface area (Å²) in [5.74, 6) is 0.453. The van der Waals surface area contributed by atoms with Crippen LogP contribution in [0.25, 0.3) is 0 Å². The second-order valence-electron chi connectivity index (χ2n) is 7.54. The first kappa shape index (κ1) is 14.7. The van der Waals surface area contributed by atoms with Crippen molar-refractivity contribution >= 4 is 11.8 Å². The molecule has 1 aromatic carbocycles. The highest BCUT2D eigenvalue weighted by molar-refractivity contribution is 5.92. The highest BCUT2D eigenvalue weighted by Gasteiger charge is 2.54. The summed E-state index contributed by atoms with van der Waals surface area (Å²) in [6.45, 7) is 3.37. The van der Waals surface area contributed by atoms with Crippen molar-refractivity contribution in [2.45, 2.75) is 44.1 Å². The summed E-state index contributed by atoms with van der Waals surface area (Å²) in [4.78, 5) is 29.4. The minimum Gasteiger partial charge on any atom is -0.341 e. The van der Waals surface area contributed by atoms with Gasteiger partial charge >= 0.3 is 0 Å². The summed E-state index contributed by atoms with van der Waals surface area (Å²) in [6.07, 6.45) is 3.82. The van der Waals surface area contributed by atoms with Crippen LogP contribution in [0.1, 0.15) is 36.8 Å². The van der Waals surface area contributed by atoms with Crippen LogP contribution in [0.5, 0.6) is 0 Å². The van der Waals surface area contributed by atoms with Crippen molar-refractivity contribution in [2.75, 3.05) is 20.1 Å². The van der Waals surface area contributed by atoms with E-state index in [1.54, 1.807) is 0 Å². The van der Waals surface area contributed by atoms with Gasteiger partial charge in [-0.3, -0.25) is 9.59 Å². The largest absolute Gasteiger partial charge is 0.341 e. The normalized spacial score (nSPS) is 28.7. The van der Waals surface area contributed by atoms with Gasteiger partial charge < -0.3 is 9.80 Å². The predicted molar refractivity (Wildman–Crippen MR) is 88.0 cm³/mol. The lowest BCUT2D eigenvalue weighted by molar-refractivity contribution is -0.138. The van der Waals surface area contributed by atoms with E-state index >= 15 is 0 Å². The third kappa shape index (κ3) is 2.27. The van der Waals surface area contributed by atoms with E-state index in [2.05, 4.69) is 31.2 Å². The van der Waals surface area contributed by atoms with E-state index in [1.165, 1.54) is 5.56 Å². The summed E-state index contributed by atoms with van der Waals surface area (Å²) >= 11 is 0. The van der Waals surface area contributed by atoms with Gasteiger partial charge in [0.25, 0.3) is 0 Å². The molecule has 0 unspecified atom stereocenters. The van der Waals surface area contributed by atoms with E-state index in [9.17, 15) is 9.59 Å². The molecule has 23 heavy (non-hydrogen) atoms. The lowest BCUT2D eigenvalue weighted by Crippen LogP contribution is -2.46. The predicted octanol–water partition coefficient (Wildman–Crippen LogP) is 2.11. The van der Waals surface area contributed by atoms with Crippen molar-refractivity contribution in [2.24, 2.45) is 5.92 Å².